The fourth-order valence-electron chi connectivity index (χ4n) is 3.62. The van der Waals surface area contributed by atoms with Crippen LogP contribution in [0.3, 0.4) is 0 Å². The summed E-state index contributed by atoms with van der Waals surface area (Å²) in [6.07, 6.45) is 0. The average molecular weight is 466 g/mol. The number of carbonyl (C=O) groups is 2. The molecule has 1 aliphatic heterocycles. The molecule has 4 rings (SSSR count). The number of ether oxygens (including phenoxy) is 1. The van der Waals surface area contributed by atoms with Crippen molar-refractivity contribution in [1.82, 2.24) is 0 Å². The van der Waals surface area contributed by atoms with Crippen LogP contribution in [0.4, 0.5) is 17.1 Å². The van der Waals surface area contributed by atoms with Crippen LogP contribution in [-0.4, -0.2) is 39.9 Å². The van der Waals surface area contributed by atoms with Crippen LogP contribution in [0.1, 0.15) is 6.92 Å². The summed E-state index contributed by atoms with van der Waals surface area (Å²) in [5, 5.41) is 2.73. The van der Waals surface area contributed by atoms with Gasteiger partial charge in [0.2, 0.25) is 11.8 Å². The number of nitrogens with one attached hydrogen (secondary N) is 1. The number of hydrogen-bond acceptors (Lipinski definition) is 5. The summed E-state index contributed by atoms with van der Waals surface area (Å²) in [5.74, 6) is -0.554. The van der Waals surface area contributed by atoms with E-state index in [1.807, 2.05) is 0 Å². The van der Waals surface area contributed by atoms with Gasteiger partial charge in [0.25, 0.3) is 10.0 Å². The molecule has 9 heteroatoms. The van der Waals surface area contributed by atoms with Crippen LogP contribution < -0.4 is 19.3 Å². The normalized spacial score (nSPS) is 13.1. The fourth-order valence-corrected chi connectivity index (χ4v) is 5.07. The lowest BCUT2D eigenvalue weighted by Crippen LogP contribution is -2.48. The van der Waals surface area contributed by atoms with Crippen LogP contribution >= 0.6 is 0 Å². The van der Waals surface area contributed by atoms with E-state index < -0.39 is 22.5 Å². The van der Waals surface area contributed by atoms with Crippen molar-refractivity contribution in [2.45, 2.75) is 11.8 Å². The summed E-state index contributed by atoms with van der Waals surface area (Å²) in [5.41, 5.74) is 1.25. The maximum absolute atomic E-state index is 13.6. The van der Waals surface area contributed by atoms with E-state index in [9.17, 15) is 18.0 Å². The van der Waals surface area contributed by atoms with Gasteiger partial charge in [-0.1, -0.05) is 42.5 Å². The van der Waals surface area contributed by atoms with E-state index in [2.05, 4.69) is 5.32 Å². The van der Waals surface area contributed by atoms with E-state index >= 15 is 0 Å². The van der Waals surface area contributed by atoms with Gasteiger partial charge in [-0.3, -0.25) is 18.8 Å². The van der Waals surface area contributed by atoms with E-state index in [0.717, 1.165) is 4.31 Å². The molecule has 1 N–H and O–H groups in total. The monoisotopic (exact) mass is 465 g/mol. The SMILES string of the molecule is CCOc1ccccc1N(CC(=O)N1CC(=O)Nc2ccccc21)S(=O)(=O)c1ccccc1. The molecule has 0 unspecified atom stereocenters. The Labute approximate surface area is 192 Å². The first-order chi connectivity index (χ1) is 15.9. The average Bonchev–Trinajstić information content (AvgIpc) is 2.83. The zero-order valence-corrected chi connectivity index (χ0v) is 18.8. The van der Waals surface area contributed by atoms with Crippen LogP contribution in [0.2, 0.25) is 0 Å². The van der Waals surface area contributed by atoms with Gasteiger partial charge in [-0.25, -0.2) is 8.42 Å². The molecule has 0 saturated carbocycles. The molecule has 1 aliphatic rings. The molecule has 0 aromatic heterocycles. The minimum absolute atomic E-state index is 0.0425. The van der Waals surface area contributed by atoms with Crippen LogP contribution in [0.5, 0.6) is 5.75 Å². The lowest BCUT2D eigenvalue weighted by molar-refractivity contribution is -0.121. The van der Waals surface area contributed by atoms with Gasteiger partial charge in [0.05, 0.1) is 28.6 Å². The fraction of sp³-hybridized carbons (Fsp3) is 0.167. The standard InChI is InChI=1S/C24H23N3O5S/c1-2-32-22-15-9-8-14-21(22)27(33(30,31)18-10-4-3-5-11-18)17-24(29)26-16-23(28)25-19-12-6-7-13-20(19)26/h3-15H,2,16-17H2,1H3,(H,25,28). The van der Waals surface area contributed by atoms with Crippen LogP contribution in [0.25, 0.3) is 0 Å². The lowest BCUT2D eigenvalue weighted by atomic mass is 10.2. The third-order valence-corrected chi connectivity index (χ3v) is 6.89. The van der Waals surface area contributed by atoms with Crippen molar-refractivity contribution in [2.75, 3.05) is 34.2 Å². The molecule has 1 heterocycles. The highest BCUT2D eigenvalue weighted by molar-refractivity contribution is 7.92. The number of sulfonamides is 1. The third-order valence-electron chi connectivity index (χ3n) is 5.12. The van der Waals surface area contributed by atoms with Crippen molar-refractivity contribution in [1.29, 1.82) is 0 Å². The van der Waals surface area contributed by atoms with Gasteiger partial charge in [0.15, 0.2) is 0 Å². The minimum Gasteiger partial charge on any atom is -0.492 e. The molecule has 0 fully saturated rings. The molecular formula is C24H23N3O5S. The Morgan fingerprint density at radius 3 is 2.42 bits per heavy atom. The number of anilines is 3. The predicted molar refractivity (Wildman–Crippen MR) is 126 cm³/mol. The molecule has 33 heavy (non-hydrogen) atoms. The largest absolute Gasteiger partial charge is 0.492 e. The zero-order chi connectivity index (χ0) is 23.4. The second kappa shape index (κ2) is 9.33. The molecule has 0 atom stereocenters. The summed E-state index contributed by atoms with van der Waals surface area (Å²) >= 11 is 0. The molecule has 170 valence electrons. The number of hydrogen-bond donors (Lipinski definition) is 1. The quantitative estimate of drug-likeness (QED) is 0.578. The van der Waals surface area contributed by atoms with Gasteiger partial charge in [-0.2, -0.15) is 0 Å². The summed E-state index contributed by atoms with van der Waals surface area (Å²) in [4.78, 5) is 27.0. The van der Waals surface area contributed by atoms with Crippen molar-refractivity contribution >= 4 is 38.9 Å². The summed E-state index contributed by atoms with van der Waals surface area (Å²) in [6, 6.07) is 21.4. The van der Waals surface area contributed by atoms with Crippen molar-refractivity contribution in [3.8, 4) is 5.75 Å². The first-order valence-electron chi connectivity index (χ1n) is 10.4. The molecule has 3 aromatic rings. The molecule has 8 nitrogen and oxygen atoms in total. The van der Waals surface area contributed by atoms with Gasteiger partial charge in [-0.15, -0.1) is 0 Å². The van der Waals surface area contributed by atoms with Crippen molar-refractivity contribution in [3.05, 3.63) is 78.9 Å². The zero-order valence-electron chi connectivity index (χ0n) is 18.0. The Kier molecular flexibility index (Phi) is 6.32. The Morgan fingerprint density at radius 1 is 1.00 bits per heavy atom. The number of rotatable bonds is 7. The molecule has 0 spiro atoms. The van der Waals surface area contributed by atoms with Crippen molar-refractivity contribution in [3.63, 3.8) is 0 Å². The van der Waals surface area contributed by atoms with Crippen LogP contribution in [0, 0.1) is 0 Å². The number of benzene rings is 3. The number of nitrogens with zero attached hydrogens (tertiary/aromatic N) is 2. The maximum atomic E-state index is 13.6. The molecular weight excluding hydrogens is 442 g/mol. The molecule has 2 amide bonds. The Morgan fingerprint density at radius 2 is 1.67 bits per heavy atom. The van der Waals surface area contributed by atoms with E-state index in [1.54, 1.807) is 73.7 Å². The first-order valence-corrected chi connectivity index (χ1v) is 11.8. The van der Waals surface area contributed by atoms with E-state index in [0.29, 0.717) is 23.7 Å². The second-order valence-electron chi connectivity index (χ2n) is 7.27. The number of amides is 2. The Bertz CT molecular complexity index is 1280. The van der Waals surface area contributed by atoms with Gasteiger partial charge in [0, 0.05) is 0 Å². The van der Waals surface area contributed by atoms with Gasteiger partial charge >= 0.3 is 0 Å². The second-order valence-corrected chi connectivity index (χ2v) is 9.13. The Hall–Kier alpha value is -3.85. The molecule has 0 saturated heterocycles. The summed E-state index contributed by atoms with van der Waals surface area (Å²) in [6.45, 7) is 1.40. The maximum Gasteiger partial charge on any atom is 0.264 e. The number of carbonyl (C=O) groups excluding carboxylic acids is 2. The van der Waals surface area contributed by atoms with Crippen LogP contribution in [-0.2, 0) is 19.6 Å². The molecule has 0 bridgehead atoms. The predicted octanol–water partition coefficient (Wildman–Crippen LogP) is 3.27. The summed E-state index contributed by atoms with van der Waals surface area (Å²) < 4.78 is 34.0. The van der Waals surface area contributed by atoms with Crippen molar-refractivity contribution in [2.24, 2.45) is 0 Å². The summed E-state index contributed by atoms with van der Waals surface area (Å²) in [7, 11) is -4.11. The first kappa shape index (κ1) is 22.3. The van der Waals surface area contributed by atoms with E-state index in [4.69, 9.17) is 4.74 Å². The van der Waals surface area contributed by atoms with Gasteiger partial charge in [0.1, 0.15) is 18.8 Å². The Balaban J connectivity index is 1.77. The molecule has 0 radical (unpaired) electrons. The van der Waals surface area contributed by atoms with Gasteiger partial charge in [-0.05, 0) is 43.3 Å². The smallest absolute Gasteiger partial charge is 0.264 e. The molecule has 0 aliphatic carbocycles. The van der Waals surface area contributed by atoms with Crippen molar-refractivity contribution < 1.29 is 22.7 Å². The van der Waals surface area contributed by atoms with E-state index in [1.165, 1.54) is 17.0 Å². The van der Waals surface area contributed by atoms with Crippen LogP contribution in [0.15, 0.2) is 83.8 Å². The number of fused-ring (bicyclic) bond motifs is 1. The topological polar surface area (TPSA) is 96.0 Å². The van der Waals surface area contributed by atoms with Gasteiger partial charge < -0.3 is 10.1 Å². The van der Waals surface area contributed by atoms with E-state index in [-0.39, 0.29) is 23.0 Å². The lowest BCUT2D eigenvalue weighted by Gasteiger charge is -2.32. The molecule has 3 aromatic carbocycles. The third kappa shape index (κ3) is 4.54. The number of para-hydroxylation sites is 4. The minimum atomic E-state index is -4.11. The highest BCUT2D eigenvalue weighted by Gasteiger charge is 2.33. The highest BCUT2D eigenvalue weighted by Crippen LogP contribution is 2.34. The highest BCUT2D eigenvalue weighted by atomic mass is 32.2.